The van der Waals surface area contributed by atoms with Crippen molar-refractivity contribution >= 4 is 27.4 Å². The van der Waals surface area contributed by atoms with Gasteiger partial charge in [-0.25, -0.2) is 17.6 Å². The summed E-state index contributed by atoms with van der Waals surface area (Å²) in [4.78, 5) is 14.7. The maximum absolute atomic E-state index is 13.1. The number of amides is 2. The highest BCUT2D eigenvalue weighted by Crippen LogP contribution is 2.25. The molecule has 1 aliphatic rings. The maximum Gasteiger partial charge on any atom is 0.318 e. The van der Waals surface area contributed by atoms with Gasteiger partial charge >= 0.3 is 6.03 Å². The van der Waals surface area contributed by atoms with Gasteiger partial charge in [0, 0.05) is 24.5 Å². The third-order valence-electron chi connectivity index (χ3n) is 4.47. The number of morpholine rings is 1. The third kappa shape index (κ3) is 5.58. The zero-order chi connectivity index (χ0) is 21.6. The van der Waals surface area contributed by atoms with Crippen molar-refractivity contribution in [1.82, 2.24) is 14.5 Å². The number of carbonyl (C=O) groups is 1. The van der Waals surface area contributed by atoms with Gasteiger partial charge in [0.05, 0.1) is 26.3 Å². The topological polar surface area (TPSA) is 79.0 Å². The molecule has 0 saturated carbocycles. The van der Waals surface area contributed by atoms with Crippen LogP contribution in [0.25, 0.3) is 0 Å². The van der Waals surface area contributed by atoms with E-state index in [9.17, 15) is 17.6 Å². The van der Waals surface area contributed by atoms with Crippen molar-refractivity contribution in [2.24, 2.45) is 0 Å². The molecule has 2 aromatic rings. The molecule has 0 unspecified atom stereocenters. The number of rotatable bonds is 7. The molecule has 1 saturated heterocycles. The molecule has 1 fully saturated rings. The van der Waals surface area contributed by atoms with Gasteiger partial charge in [0.2, 0.25) is 0 Å². The molecule has 2 amide bonds. The Kier molecular flexibility index (Phi) is 7.44. The molecule has 0 aliphatic carbocycles. The number of urea groups is 1. The van der Waals surface area contributed by atoms with E-state index >= 15 is 0 Å². The lowest BCUT2D eigenvalue weighted by molar-refractivity contribution is 0.0731. The molecule has 2 heterocycles. The molecule has 1 aromatic heterocycles. The van der Waals surface area contributed by atoms with Crippen molar-refractivity contribution < 1.29 is 22.3 Å². The fraction of sp³-hybridized carbons (Fsp3) is 0.350. The summed E-state index contributed by atoms with van der Waals surface area (Å²) < 4.78 is 45.3. The van der Waals surface area contributed by atoms with Crippen molar-refractivity contribution in [2.45, 2.75) is 17.3 Å². The van der Waals surface area contributed by atoms with Crippen LogP contribution in [0.1, 0.15) is 10.4 Å². The normalized spacial score (nSPS) is 14.8. The quantitative estimate of drug-likeness (QED) is 0.655. The number of ether oxygens (including phenoxy) is 1. The predicted molar refractivity (Wildman–Crippen MR) is 112 cm³/mol. The molecule has 7 nitrogen and oxygen atoms in total. The van der Waals surface area contributed by atoms with E-state index in [0.717, 1.165) is 16.9 Å². The molecule has 0 spiro atoms. The summed E-state index contributed by atoms with van der Waals surface area (Å²) in [6.07, 6.45) is 5.36. The summed E-state index contributed by atoms with van der Waals surface area (Å²) in [5, 5.41) is 2.76. The fourth-order valence-electron chi connectivity index (χ4n) is 2.90. The van der Waals surface area contributed by atoms with E-state index in [4.69, 9.17) is 11.2 Å². The summed E-state index contributed by atoms with van der Waals surface area (Å²) in [7, 11) is -3.56. The molecule has 0 bridgehead atoms. The highest BCUT2D eigenvalue weighted by molar-refractivity contribution is 7.91. The van der Waals surface area contributed by atoms with Gasteiger partial charge < -0.3 is 15.0 Å². The van der Waals surface area contributed by atoms with Crippen LogP contribution in [0.2, 0.25) is 0 Å². The van der Waals surface area contributed by atoms with E-state index in [1.165, 1.54) is 21.3 Å². The van der Waals surface area contributed by atoms with E-state index < -0.39 is 10.0 Å². The molecule has 0 radical (unpaired) electrons. The van der Waals surface area contributed by atoms with E-state index in [1.807, 2.05) is 0 Å². The fourth-order valence-corrected chi connectivity index (χ4v) is 5.76. The van der Waals surface area contributed by atoms with Crippen LogP contribution in [0.5, 0.6) is 0 Å². The predicted octanol–water partition coefficient (Wildman–Crippen LogP) is 2.25. The largest absolute Gasteiger partial charge is 0.379 e. The Morgan fingerprint density at radius 2 is 1.93 bits per heavy atom. The van der Waals surface area contributed by atoms with Crippen LogP contribution in [0, 0.1) is 18.2 Å². The number of benzene rings is 1. The summed E-state index contributed by atoms with van der Waals surface area (Å²) >= 11 is 1.12. The van der Waals surface area contributed by atoms with Gasteiger partial charge in [-0.05, 0) is 29.8 Å². The second-order valence-corrected chi connectivity index (χ2v) is 9.92. The molecule has 1 aliphatic heterocycles. The molecular weight excluding hydrogens is 429 g/mol. The first kappa shape index (κ1) is 22.2. The second-order valence-electron chi connectivity index (χ2n) is 6.58. The zero-order valence-corrected chi connectivity index (χ0v) is 17.8. The Balaban J connectivity index is 1.60. The highest BCUT2D eigenvalue weighted by atomic mass is 32.2. The maximum atomic E-state index is 13.1. The molecule has 1 aromatic carbocycles. The molecule has 3 rings (SSSR count). The van der Waals surface area contributed by atoms with Crippen LogP contribution in [0.15, 0.2) is 40.6 Å². The minimum absolute atomic E-state index is 0.0876. The number of thiophene rings is 1. The van der Waals surface area contributed by atoms with Crippen molar-refractivity contribution in [3.05, 3.63) is 52.7 Å². The lowest BCUT2D eigenvalue weighted by atomic mass is 10.2. The van der Waals surface area contributed by atoms with Crippen LogP contribution >= 0.6 is 11.3 Å². The van der Waals surface area contributed by atoms with E-state index in [0.29, 0.717) is 31.2 Å². The third-order valence-corrected chi connectivity index (χ3v) is 7.92. The van der Waals surface area contributed by atoms with E-state index in [1.54, 1.807) is 24.3 Å². The molecule has 160 valence electrons. The SMILES string of the molecule is C#CCN(Cc1ccc(F)cc1)C(=O)NCc1ccc(S(=O)(=O)N2CCOCC2)s1. The van der Waals surface area contributed by atoms with Crippen molar-refractivity contribution in [3.63, 3.8) is 0 Å². The summed E-state index contributed by atoms with van der Waals surface area (Å²) in [6, 6.07) is 8.68. The first-order chi connectivity index (χ1) is 14.4. The van der Waals surface area contributed by atoms with Crippen LogP contribution in [-0.2, 0) is 27.8 Å². The molecule has 30 heavy (non-hydrogen) atoms. The summed E-state index contributed by atoms with van der Waals surface area (Å²) in [5.41, 5.74) is 0.747. The highest BCUT2D eigenvalue weighted by Gasteiger charge is 2.27. The van der Waals surface area contributed by atoms with Gasteiger partial charge in [-0.2, -0.15) is 4.31 Å². The van der Waals surface area contributed by atoms with Gasteiger partial charge in [0.25, 0.3) is 10.0 Å². The first-order valence-corrected chi connectivity index (χ1v) is 11.5. The Labute approximate surface area is 179 Å². The number of nitrogens with one attached hydrogen (secondary N) is 1. The Morgan fingerprint density at radius 3 is 2.60 bits per heavy atom. The summed E-state index contributed by atoms with van der Waals surface area (Å²) in [6.45, 7) is 1.92. The molecule has 1 N–H and O–H groups in total. The minimum Gasteiger partial charge on any atom is -0.379 e. The Morgan fingerprint density at radius 1 is 1.23 bits per heavy atom. The molecule has 10 heteroatoms. The lowest BCUT2D eigenvalue weighted by Gasteiger charge is -2.25. The van der Waals surface area contributed by atoms with Crippen LogP contribution < -0.4 is 5.32 Å². The summed E-state index contributed by atoms with van der Waals surface area (Å²) in [5.74, 6) is 2.08. The van der Waals surface area contributed by atoms with Crippen LogP contribution in [0.3, 0.4) is 0 Å². The number of halogens is 1. The zero-order valence-electron chi connectivity index (χ0n) is 16.2. The van der Waals surface area contributed by atoms with Gasteiger partial charge in [0.15, 0.2) is 0 Å². The first-order valence-electron chi connectivity index (χ1n) is 9.27. The van der Waals surface area contributed by atoms with E-state index in [2.05, 4.69) is 11.2 Å². The van der Waals surface area contributed by atoms with E-state index in [-0.39, 0.29) is 35.7 Å². The average Bonchev–Trinajstić information content (AvgIpc) is 3.24. The van der Waals surface area contributed by atoms with Crippen LogP contribution in [-0.4, -0.2) is 56.5 Å². The molecule has 0 atom stereocenters. The lowest BCUT2D eigenvalue weighted by Crippen LogP contribution is -2.40. The minimum atomic E-state index is -3.56. The van der Waals surface area contributed by atoms with Gasteiger partial charge in [0.1, 0.15) is 10.0 Å². The average molecular weight is 452 g/mol. The van der Waals surface area contributed by atoms with Crippen molar-refractivity contribution in [1.29, 1.82) is 0 Å². The van der Waals surface area contributed by atoms with Crippen molar-refractivity contribution in [2.75, 3.05) is 32.8 Å². The second kappa shape index (κ2) is 10.0. The van der Waals surface area contributed by atoms with Crippen molar-refractivity contribution in [3.8, 4) is 12.3 Å². The van der Waals surface area contributed by atoms with Crippen LogP contribution in [0.4, 0.5) is 9.18 Å². The van der Waals surface area contributed by atoms with Gasteiger partial charge in [-0.1, -0.05) is 18.1 Å². The van der Waals surface area contributed by atoms with Gasteiger partial charge in [-0.15, -0.1) is 17.8 Å². The Bertz CT molecular complexity index is 1010. The smallest absolute Gasteiger partial charge is 0.318 e. The van der Waals surface area contributed by atoms with Gasteiger partial charge in [-0.3, -0.25) is 0 Å². The number of hydrogen-bond donors (Lipinski definition) is 1. The Hall–Kier alpha value is -2.45. The number of carbonyl (C=O) groups excluding carboxylic acids is 1. The standard InChI is InChI=1S/C20H22FN3O4S2/c1-2-9-23(15-16-3-5-17(21)6-4-16)20(25)22-14-18-7-8-19(29-18)30(26,27)24-10-12-28-13-11-24/h1,3-8H,9-15H2,(H,22,25). The number of terminal acetylenes is 1. The number of hydrogen-bond acceptors (Lipinski definition) is 5. The number of sulfonamides is 1. The molecular formula is C20H22FN3O4S2. The number of nitrogens with zero attached hydrogens (tertiary/aromatic N) is 2. The monoisotopic (exact) mass is 451 g/mol.